The number of carboxylic acid groups (broad SMARTS) is 1. The van der Waals surface area contributed by atoms with Crippen molar-refractivity contribution in [1.29, 1.82) is 0 Å². The van der Waals surface area contributed by atoms with Gasteiger partial charge in [0.2, 0.25) is 0 Å². The van der Waals surface area contributed by atoms with Crippen LogP contribution >= 0.6 is 11.6 Å². The Hall–Kier alpha value is -3.77. The number of hydrogen-bond donors (Lipinski definition) is 1. The fourth-order valence-corrected chi connectivity index (χ4v) is 3.34. The number of aromatic nitrogens is 1. The minimum absolute atomic E-state index is 0.0564. The third-order valence-corrected chi connectivity index (χ3v) is 5.10. The number of ether oxygens (including phenoxy) is 3. The van der Waals surface area contributed by atoms with E-state index in [-0.39, 0.29) is 13.0 Å². The average molecular weight is 464 g/mol. The van der Waals surface area contributed by atoms with E-state index in [9.17, 15) is 4.79 Å². The number of carbonyl (C=O) groups is 1. The maximum Gasteiger partial charge on any atom is 0.306 e. The minimum Gasteiger partial charge on any atom is -0.493 e. The van der Waals surface area contributed by atoms with Crippen LogP contribution in [0, 0.1) is 0 Å². The highest BCUT2D eigenvalue weighted by Gasteiger charge is 2.06. The lowest BCUT2D eigenvalue weighted by Crippen LogP contribution is -2.07. The predicted molar refractivity (Wildman–Crippen MR) is 126 cm³/mol. The molecule has 7 heteroatoms. The summed E-state index contributed by atoms with van der Waals surface area (Å²) in [4.78, 5) is 15.3. The first-order valence-electron chi connectivity index (χ1n) is 10.4. The lowest BCUT2D eigenvalue weighted by molar-refractivity contribution is -0.137. The number of para-hydroxylation sites is 1. The molecule has 0 fully saturated rings. The van der Waals surface area contributed by atoms with Crippen LogP contribution in [-0.4, -0.2) is 22.7 Å². The Morgan fingerprint density at radius 3 is 2.30 bits per heavy atom. The van der Waals surface area contributed by atoms with Gasteiger partial charge in [-0.3, -0.25) is 4.79 Å². The van der Waals surface area contributed by atoms with Crippen molar-refractivity contribution >= 4 is 28.5 Å². The monoisotopic (exact) mass is 463 g/mol. The zero-order valence-electron chi connectivity index (χ0n) is 17.7. The minimum atomic E-state index is -0.896. The van der Waals surface area contributed by atoms with Gasteiger partial charge in [-0.15, -0.1) is 0 Å². The maximum atomic E-state index is 10.7. The zero-order chi connectivity index (χ0) is 23.0. The number of benzene rings is 3. The first kappa shape index (κ1) is 22.4. The van der Waals surface area contributed by atoms with Crippen molar-refractivity contribution in [3.05, 3.63) is 95.1 Å². The lowest BCUT2D eigenvalue weighted by atomic mass is 10.2. The molecule has 0 aliphatic rings. The van der Waals surface area contributed by atoms with Gasteiger partial charge in [0.15, 0.2) is 0 Å². The molecule has 3 aromatic carbocycles. The fourth-order valence-electron chi connectivity index (χ4n) is 3.18. The smallest absolute Gasteiger partial charge is 0.306 e. The van der Waals surface area contributed by atoms with Crippen molar-refractivity contribution in [3.8, 4) is 17.2 Å². The second-order valence-electron chi connectivity index (χ2n) is 7.29. The molecule has 1 aromatic heterocycles. The Bertz CT molecular complexity index is 1240. The number of halogens is 1. The van der Waals surface area contributed by atoms with Gasteiger partial charge in [0.05, 0.1) is 24.2 Å². The van der Waals surface area contributed by atoms with E-state index in [4.69, 9.17) is 30.9 Å². The summed E-state index contributed by atoms with van der Waals surface area (Å²) in [7, 11) is 0. The van der Waals surface area contributed by atoms with Gasteiger partial charge in [0.25, 0.3) is 0 Å². The molecule has 0 aliphatic carbocycles. The van der Waals surface area contributed by atoms with Gasteiger partial charge in [-0.1, -0.05) is 41.9 Å². The molecule has 0 unspecified atom stereocenters. The van der Waals surface area contributed by atoms with Gasteiger partial charge in [-0.25, -0.2) is 4.98 Å². The topological polar surface area (TPSA) is 77.9 Å². The van der Waals surface area contributed by atoms with Crippen LogP contribution in [0.5, 0.6) is 17.2 Å². The van der Waals surface area contributed by atoms with E-state index < -0.39 is 5.97 Å². The normalized spacial score (nSPS) is 10.7. The van der Waals surface area contributed by atoms with Crippen LogP contribution < -0.4 is 14.2 Å². The largest absolute Gasteiger partial charge is 0.493 e. The summed E-state index contributed by atoms with van der Waals surface area (Å²) in [5.74, 6) is 1.10. The van der Waals surface area contributed by atoms with E-state index in [0.29, 0.717) is 35.5 Å². The molecule has 0 spiro atoms. The third-order valence-electron chi connectivity index (χ3n) is 4.86. The molecule has 0 saturated carbocycles. The lowest BCUT2D eigenvalue weighted by Gasteiger charge is -2.12. The van der Waals surface area contributed by atoms with Gasteiger partial charge in [-0.05, 0) is 48.5 Å². The van der Waals surface area contributed by atoms with E-state index in [0.717, 1.165) is 22.2 Å². The SMILES string of the molecule is O=C(O)CCOc1ccccc1COc1ccc(OCc2ccc3ccc(Cl)cc3n2)cc1. The predicted octanol–water partition coefficient (Wildman–Crippen LogP) is 5.90. The standard InChI is InChI=1S/C26H22ClNO5/c27-20-7-5-18-6-8-21(28-24(18)15-20)17-33-23-11-9-22(10-12-23)32-16-19-3-1-2-4-25(19)31-14-13-26(29)30/h1-12,15H,13-14,16-17H2,(H,29,30). The number of fused-ring (bicyclic) bond motifs is 1. The highest BCUT2D eigenvalue weighted by atomic mass is 35.5. The molecule has 6 nitrogen and oxygen atoms in total. The molecule has 0 radical (unpaired) electrons. The summed E-state index contributed by atoms with van der Waals surface area (Å²) in [6, 6.07) is 24.3. The zero-order valence-corrected chi connectivity index (χ0v) is 18.5. The van der Waals surface area contributed by atoms with Crippen LogP contribution in [-0.2, 0) is 18.0 Å². The Kier molecular flexibility index (Phi) is 7.27. The molecule has 4 rings (SSSR count). The van der Waals surface area contributed by atoms with Crippen LogP contribution in [0.4, 0.5) is 0 Å². The summed E-state index contributed by atoms with van der Waals surface area (Å²) < 4.78 is 17.3. The Labute approximate surface area is 196 Å². The second-order valence-corrected chi connectivity index (χ2v) is 7.72. The molecular weight excluding hydrogens is 442 g/mol. The van der Waals surface area contributed by atoms with E-state index in [2.05, 4.69) is 4.98 Å². The summed E-state index contributed by atoms with van der Waals surface area (Å²) in [5, 5.41) is 10.4. The van der Waals surface area contributed by atoms with E-state index >= 15 is 0 Å². The highest BCUT2D eigenvalue weighted by Crippen LogP contribution is 2.24. The molecular formula is C26H22ClNO5. The van der Waals surface area contributed by atoms with E-state index in [1.165, 1.54) is 0 Å². The van der Waals surface area contributed by atoms with E-state index in [1.807, 2.05) is 72.8 Å². The Morgan fingerprint density at radius 1 is 0.848 bits per heavy atom. The quantitative estimate of drug-likeness (QED) is 0.315. The van der Waals surface area contributed by atoms with Crippen molar-refractivity contribution in [3.63, 3.8) is 0 Å². The number of hydrogen-bond acceptors (Lipinski definition) is 5. The number of pyridine rings is 1. The summed E-state index contributed by atoms with van der Waals surface area (Å²) in [6.45, 7) is 0.744. The highest BCUT2D eigenvalue weighted by molar-refractivity contribution is 6.31. The number of aliphatic carboxylic acids is 1. The number of rotatable bonds is 10. The Morgan fingerprint density at radius 2 is 1.55 bits per heavy atom. The molecule has 1 N–H and O–H groups in total. The molecule has 0 atom stereocenters. The second kappa shape index (κ2) is 10.7. The van der Waals surface area contributed by atoms with Crippen LogP contribution in [0.1, 0.15) is 17.7 Å². The molecule has 0 bridgehead atoms. The van der Waals surface area contributed by atoms with Gasteiger partial charge in [0, 0.05) is 16.0 Å². The summed E-state index contributed by atoms with van der Waals surface area (Å²) in [6.07, 6.45) is -0.0564. The van der Waals surface area contributed by atoms with Crippen LogP contribution in [0.2, 0.25) is 5.02 Å². The van der Waals surface area contributed by atoms with Crippen molar-refractivity contribution in [1.82, 2.24) is 4.98 Å². The molecule has 168 valence electrons. The molecule has 0 saturated heterocycles. The van der Waals surface area contributed by atoms with Crippen molar-refractivity contribution < 1.29 is 24.1 Å². The van der Waals surface area contributed by atoms with Gasteiger partial charge < -0.3 is 19.3 Å². The number of carboxylic acids is 1. The molecule has 0 aliphatic heterocycles. The summed E-state index contributed by atoms with van der Waals surface area (Å²) in [5.41, 5.74) is 2.48. The van der Waals surface area contributed by atoms with Crippen molar-refractivity contribution in [2.75, 3.05) is 6.61 Å². The number of nitrogens with zero attached hydrogens (tertiary/aromatic N) is 1. The van der Waals surface area contributed by atoms with Crippen LogP contribution in [0.3, 0.4) is 0 Å². The Balaban J connectivity index is 1.31. The first-order valence-corrected chi connectivity index (χ1v) is 10.8. The average Bonchev–Trinajstić information content (AvgIpc) is 2.82. The first-order chi connectivity index (χ1) is 16.1. The van der Waals surface area contributed by atoms with Crippen molar-refractivity contribution in [2.45, 2.75) is 19.6 Å². The van der Waals surface area contributed by atoms with Gasteiger partial charge in [0.1, 0.15) is 30.5 Å². The molecule has 0 amide bonds. The third kappa shape index (κ3) is 6.37. The molecule has 33 heavy (non-hydrogen) atoms. The fraction of sp³-hybridized carbons (Fsp3) is 0.154. The van der Waals surface area contributed by atoms with Crippen LogP contribution in [0.25, 0.3) is 10.9 Å². The maximum absolute atomic E-state index is 10.7. The van der Waals surface area contributed by atoms with Crippen LogP contribution in [0.15, 0.2) is 78.9 Å². The van der Waals surface area contributed by atoms with Crippen molar-refractivity contribution in [2.24, 2.45) is 0 Å². The summed E-state index contributed by atoms with van der Waals surface area (Å²) >= 11 is 6.05. The van der Waals surface area contributed by atoms with E-state index in [1.54, 1.807) is 6.07 Å². The molecule has 4 aromatic rings. The van der Waals surface area contributed by atoms with Gasteiger partial charge in [-0.2, -0.15) is 0 Å². The van der Waals surface area contributed by atoms with Gasteiger partial charge >= 0.3 is 5.97 Å². The molecule has 1 heterocycles.